The summed E-state index contributed by atoms with van der Waals surface area (Å²) in [6.07, 6.45) is 0.776. The van der Waals surface area contributed by atoms with Crippen LogP contribution < -0.4 is 21.1 Å². The lowest BCUT2D eigenvalue weighted by molar-refractivity contribution is -0.118. The van der Waals surface area contributed by atoms with Crippen LogP contribution in [0, 0.1) is 0 Å². The van der Waals surface area contributed by atoms with Crippen LogP contribution in [0.4, 0.5) is 0 Å². The van der Waals surface area contributed by atoms with Crippen molar-refractivity contribution < 1.29 is 14.6 Å². The second kappa shape index (κ2) is 10.7. The average molecular weight is 427 g/mol. The van der Waals surface area contributed by atoms with Gasteiger partial charge in [-0.1, -0.05) is 54.2 Å². The number of carbonyl (C=O) groups excluding carboxylic acids is 1. The van der Waals surface area contributed by atoms with Gasteiger partial charge in [-0.05, 0) is 30.7 Å². The number of amides is 1. The van der Waals surface area contributed by atoms with E-state index in [1.165, 1.54) is 18.7 Å². The second-order valence-corrected chi connectivity index (χ2v) is 7.85. The predicted octanol–water partition coefficient (Wildman–Crippen LogP) is 3.00. The summed E-state index contributed by atoms with van der Waals surface area (Å²) in [5, 5.41) is 16.7. The first-order valence-electron chi connectivity index (χ1n) is 9.71. The van der Waals surface area contributed by atoms with Crippen molar-refractivity contribution in [2.24, 2.45) is 10.7 Å². The van der Waals surface area contributed by atoms with Gasteiger partial charge in [0.25, 0.3) is 0 Å². The van der Waals surface area contributed by atoms with Gasteiger partial charge in [0.15, 0.2) is 5.50 Å². The van der Waals surface area contributed by atoms with Crippen molar-refractivity contribution in [2.75, 3.05) is 13.1 Å². The standard InChI is InChI=1S/C22H26N4O3S/c1-15(27)24-11-6-12-25-22-26-21(23)20(30-22)19(28)17-9-5-10-18(13-17)29-14-16-7-3-2-4-8-16/h2-5,7-10,13,22,25,28H,6,11-12,14H2,1H3,(H2,23,26)(H,24,27). The molecule has 2 aromatic carbocycles. The zero-order valence-electron chi connectivity index (χ0n) is 16.8. The van der Waals surface area contributed by atoms with Gasteiger partial charge in [0.05, 0.1) is 4.91 Å². The van der Waals surface area contributed by atoms with Gasteiger partial charge in [-0.15, -0.1) is 0 Å². The maximum Gasteiger partial charge on any atom is 0.216 e. The van der Waals surface area contributed by atoms with Crippen molar-refractivity contribution >= 4 is 29.3 Å². The Morgan fingerprint density at radius 3 is 2.77 bits per heavy atom. The number of aliphatic imine (C=N–C) groups is 1. The molecular weight excluding hydrogens is 400 g/mol. The molecule has 0 aliphatic carbocycles. The van der Waals surface area contributed by atoms with E-state index in [0.29, 0.717) is 41.8 Å². The molecule has 0 radical (unpaired) electrons. The van der Waals surface area contributed by atoms with Crippen LogP contribution in [0.15, 0.2) is 64.5 Å². The van der Waals surface area contributed by atoms with Crippen LogP contribution in [0.1, 0.15) is 24.5 Å². The third-order valence-electron chi connectivity index (χ3n) is 4.34. The van der Waals surface area contributed by atoms with Crippen molar-refractivity contribution in [1.82, 2.24) is 10.6 Å². The minimum absolute atomic E-state index is 0.0439. The monoisotopic (exact) mass is 426 g/mol. The number of amidine groups is 1. The van der Waals surface area contributed by atoms with E-state index in [-0.39, 0.29) is 17.2 Å². The van der Waals surface area contributed by atoms with Crippen LogP contribution in [0.2, 0.25) is 0 Å². The molecule has 2 aromatic rings. The van der Waals surface area contributed by atoms with E-state index < -0.39 is 0 Å². The number of hydrogen-bond donors (Lipinski definition) is 4. The van der Waals surface area contributed by atoms with Gasteiger partial charge in [0, 0.05) is 19.0 Å². The van der Waals surface area contributed by atoms with Crippen LogP contribution >= 0.6 is 11.8 Å². The normalized spacial score (nSPS) is 17.4. The summed E-state index contributed by atoms with van der Waals surface area (Å²) in [5.41, 5.74) is 7.45. The van der Waals surface area contributed by atoms with Gasteiger partial charge >= 0.3 is 0 Å². The molecule has 0 aromatic heterocycles. The molecule has 1 unspecified atom stereocenters. The van der Waals surface area contributed by atoms with Crippen molar-refractivity contribution in [3.63, 3.8) is 0 Å². The molecule has 3 rings (SSSR count). The zero-order valence-corrected chi connectivity index (χ0v) is 17.6. The fraction of sp³-hybridized carbons (Fsp3) is 0.273. The first-order valence-corrected chi connectivity index (χ1v) is 10.6. The molecule has 0 saturated carbocycles. The Morgan fingerprint density at radius 2 is 2.00 bits per heavy atom. The minimum Gasteiger partial charge on any atom is -0.506 e. The summed E-state index contributed by atoms with van der Waals surface area (Å²) >= 11 is 1.36. The van der Waals surface area contributed by atoms with E-state index in [0.717, 1.165) is 12.0 Å². The molecular formula is C22H26N4O3S. The summed E-state index contributed by atoms with van der Waals surface area (Å²) in [6, 6.07) is 17.2. The van der Waals surface area contributed by atoms with Crippen LogP contribution in [0.3, 0.4) is 0 Å². The molecule has 1 atom stereocenters. The van der Waals surface area contributed by atoms with Crippen molar-refractivity contribution in [3.05, 3.63) is 70.6 Å². The highest BCUT2D eigenvalue weighted by molar-refractivity contribution is 8.05. The maximum atomic E-state index is 10.9. The van der Waals surface area contributed by atoms with E-state index in [1.54, 1.807) is 12.1 Å². The number of aliphatic hydroxyl groups is 1. The third kappa shape index (κ3) is 6.27. The summed E-state index contributed by atoms with van der Waals surface area (Å²) in [7, 11) is 0. The molecule has 8 heteroatoms. The summed E-state index contributed by atoms with van der Waals surface area (Å²) < 4.78 is 5.84. The summed E-state index contributed by atoms with van der Waals surface area (Å²) in [4.78, 5) is 15.8. The van der Waals surface area contributed by atoms with E-state index in [2.05, 4.69) is 15.6 Å². The van der Waals surface area contributed by atoms with Crippen LogP contribution in [0.25, 0.3) is 5.76 Å². The molecule has 5 N–H and O–H groups in total. The zero-order chi connectivity index (χ0) is 21.3. The molecule has 1 aliphatic rings. The molecule has 158 valence electrons. The highest BCUT2D eigenvalue weighted by Gasteiger charge is 2.25. The lowest BCUT2D eigenvalue weighted by atomic mass is 10.1. The Labute approximate surface area is 180 Å². The van der Waals surface area contributed by atoms with Crippen LogP contribution in [0.5, 0.6) is 5.75 Å². The Balaban J connectivity index is 1.59. The quantitative estimate of drug-likeness (QED) is 0.363. The Hall–Kier alpha value is -2.97. The number of nitrogens with one attached hydrogen (secondary N) is 2. The van der Waals surface area contributed by atoms with Crippen molar-refractivity contribution in [1.29, 1.82) is 0 Å². The minimum atomic E-state index is -0.267. The molecule has 1 amide bonds. The molecule has 1 heterocycles. The first kappa shape index (κ1) is 21.7. The van der Waals surface area contributed by atoms with Gasteiger partial charge in [0.2, 0.25) is 5.91 Å². The highest BCUT2D eigenvalue weighted by Crippen LogP contribution is 2.34. The van der Waals surface area contributed by atoms with Crippen molar-refractivity contribution in [3.8, 4) is 5.75 Å². The van der Waals surface area contributed by atoms with Gasteiger partial charge in [-0.2, -0.15) is 0 Å². The van der Waals surface area contributed by atoms with E-state index in [4.69, 9.17) is 10.5 Å². The highest BCUT2D eigenvalue weighted by atomic mass is 32.2. The van der Waals surface area contributed by atoms with Gasteiger partial charge in [0.1, 0.15) is 24.0 Å². The molecule has 0 saturated heterocycles. The fourth-order valence-corrected chi connectivity index (χ4v) is 3.82. The lowest BCUT2D eigenvalue weighted by Crippen LogP contribution is -2.28. The number of benzene rings is 2. The largest absolute Gasteiger partial charge is 0.506 e. The summed E-state index contributed by atoms with van der Waals surface area (Å²) in [5.74, 6) is 0.994. The Kier molecular flexibility index (Phi) is 7.75. The second-order valence-electron chi connectivity index (χ2n) is 6.76. The third-order valence-corrected chi connectivity index (χ3v) is 5.47. The molecule has 1 aliphatic heterocycles. The number of aliphatic hydroxyl groups excluding tert-OH is 1. The number of rotatable bonds is 9. The molecule has 7 nitrogen and oxygen atoms in total. The molecule has 0 fully saturated rings. The number of carbonyl (C=O) groups is 1. The Bertz CT molecular complexity index is 931. The summed E-state index contributed by atoms with van der Waals surface area (Å²) in [6.45, 7) is 3.21. The van der Waals surface area contributed by atoms with E-state index in [1.807, 2.05) is 42.5 Å². The van der Waals surface area contributed by atoms with Gasteiger partial charge < -0.3 is 20.9 Å². The smallest absolute Gasteiger partial charge is 0.216 e. The number of ether oxygens (including phenoxy) is 1. The average Bonchev–Trinajstić information content (AvgIpc) is 3.12. The predicted molar refractivity (Wildman–Crippen MR) is 121 cm³/mol. The number of thioether (sulfide) groups is 1. The SMILES string of the molecule is CC(=O)NCCCNC1N=C(N)C(=C(O)c2cccc(OCc3ccccc3)c2)S1. The molecule has 0 bridgehead atoms. The van der Waals surface area contributed by atoms with Gasteiger partial charge in [-0.25, -0.2) is 4.99 Å². The molecule has 30 heavy (non-hydrogen) atoms. The number of hydrogen-bond acceptors (Lipinski definition) is 7. The van der Waals surface area contributed by atoms with E-state index >= 15 is 0 Å². The van der Waals surface area contributed by atoms with Crippen LogP contribution in [-0.4, -0.2) is 35.4 Å². The number of nitrogens with zero attached hydrogens (tertiary/aromatic N) is 1. The fourth-order valence-electron chi connectivity index (χ4n) is 2.83. The van der Waals surface area contributed by atoms with Crippen molar-refractivity contribution in [2.45, 2.75) is 25.4 Å². The molecule has 0 spiro atoms. The topological polar surface area (TPSA) is 109 Å². The first-order chi connectivity index (χ1) is 14.5. The number of nitrogens with two attached hydrogens (primary N) is 1. The lowest BCUT2D eigenvalue weighted by Gasteiger charge is -2.11. The maximum absolute atomic E-state index is 10.9. The van der Waals surface area contributed by atoms with Crippen LogP contribution in [-0.2, 0) is 11.4 Å². The van der Waals surface area contributed by atoms with E-state index in [9.17, 15) is 9.90 Å². The Morgan fingerprint density at radius 1 is 1.20 bits per heavy atom. The van der Waals surface area contributed by atoms with Gasteiger partial charge in [-0.3, -0.25) is 10.1 Å².